The maximum atomic E-state index is 12.4. The fourth-order valence-electron chi connectivity index (χ4n) is 1.79. The van der Waals surface area contributed by atoms with Gasteiger partial charge in [0.05, 0.1) is 7.11 Å². The fourth-order valence-corrected chi connectivity index (χ4v) is 1.79. The van der Waals surface area contributed by atoms with Crippen LogP contribution in [-0.4, -0.2) is 35.6 Å². The summed E-state index contributed by atoms with van der Waals surface area (Å²) in [5, 5.41) is 18.4. The summed E-state index contributed by atoms with van der Waals surface area (Å²) < 4.78 is 45.2. The van der Waals surface area contributed by atoms with E-state index in [0.717, 1.165) is 13.2 Å². The molecule has 9 heteroatoms. The highest BCUT2D eigenvalue weighted by molar-refractivity contribution is 5.76. The fraction of sp³-hybridized carbons (Fsp3) is 0.385. The standard InChI is InChI=1S/C13H13F3O6/c1-21-9(17)6-5-7-3-2-4-8(22-13(14,15)16)10(7)11(18)12(19)20/h2-4,11,18H,5-6H2,1H3,(H,19,20). The van der Waals surface area contributed by atoms with Crippen molar-refractivity contribution in [2.75, 3.05) is 7.11 Å². The number of carbonyl (C=O) groups excluding carboxylic acids is 1. The molecule has 0 amide bonds. The lowest BCUT2D eigenvalue weighted by Crippen LogP contribution is -2.21. The molecule has 0 aromatic heterocycles. The van der Waals surface area contributed by atoms with Crippen molar-refractivity contribution in [1.29, 1.82) is 0 Å². The number of aliphatic hydroxyl groups is 1. The summed E-state index contributed by atoms with van der Waals surface area (Å²) in [6.45, 7) is 0. The summed E-state index contributed by atoms with van der Waals surface area (Å²) in [7, 11) is 1.14. The Bertz CT molecular complexity index is 555. The normalized spacial score (nSPS) is 12.6. The Labute approximate surface area is 123 Å². The van der Waals surface area contributed by atoms with E-state index in [1.54, 1.807) is 0 Å². The second-order valence-electron chi connectivity index (χ2n) is 4.19. The lowest BCUT2D eigenvalue weighted by molar-refractivity contribution is -0.275. The van der Waals surface area contributed by atoms with Gasteiger partial charge in [0.25, 0.3) is 0 Å². The van der Waals surface area contributed by atoms with Gasteiger partial charge in [-0.2, -0.15) is 0 Å². The molecular weight excluding hydrogens is 309 g/mol. The molecule has 0 radical (unpaired) electrons. The molecule has 0 bridgehead atoms. The van der Waals surface area contributed by atoms with Crippen molar-refractivity contribution >= 4 is 11.9 Å². The number of halogens is 3. The smallest absolute Gasteiger partial charge is 0.479 e. The molecule has 0 fully saturated rings. The summed E-state index contributed by atoms with van der Waals surface area (Å²) in [5.41, 5.74) is -0.502. The van der Waals surface area contributed by atoms with Crippen molar-refractivity contribution in [1.82, 2.24) is 0 Å². The van der Waals surface area contributed by atoms with Crippen LogP contribution in [0.15, 0.2) is 18.2 Å². The van der Waals surface area contributed by atoms with E-state index in [-0.39, 0.29) is 18.4 Å². The molecule has 1 aromatic rings. The van der Waals surface area contributed by atoms with Crippen molar-refractivity contribution < 1.29 is 42.4 Å². The zero-order valence-electron chi connectivity index (χ0n) is 11.4. The van der Waals surface area contributed by atoms with Crippen LogP contribution in [0.2, 0.25) is 0 Å². The molecule has 0 saturated carbocycles. The van der Waals surface area contributed by atoms with Crippen LogP contribution in [0, 0.1) is 0 Å². The minimum atomic E-state index is -5.05. The minimum Gasteiger partial charge on any atom is -0.479 e. The zero-order valence-corrected chi connectivity index (χ0v) is 11.4. The number of esters is 1. The number of rotatable bonds is 6. The molecule has 122 valence electrons. The van der Waals surface area contributed by atoms with Gasteiger partial charge >= 0.3 is 18.3 Å². The Balaban J connectivity index is 3.22. The first-order chi connectivity index (χ1) is 10.2. The molecular formula is C13H13F3O6. The Hall–Kier alpha value is -2.29. The maximum Gasteiger partial charge on any atom is 0.573 e. The number of aliphatic carboxylic acids is 1. The summed E-state index contributed by atoms with van der Waals surface area (Å²) in [6, 6.07) is 3.38. The number of carboxylic acids is 1. The van der Waals surface area contributed by atoms with Crippen molar-refractivity contribution in [3.63, 3.8) is 0 Å². The van der Waals surface area contributed by atoms with E-state index in [9.17, 15) is 27.9 Å². The van der Waals surface area contributed by atoms with Gasteiger partial charge in [-0.15, -0.1) is 13.2 Å². The number of hydrogen-bond acceptors (Lipinski definition) is 5. The number of hydrogen-bond donors (Lipinski definition) is 2. The summed E-state index contributed by atoms with van der Waals surface area (Å²) in [5.74, 6) is -3.19. The maximum absolute atomic E-state index is 12.4. The van der Waals surface area contributed by atoms with Gasteiger partial charge in [0.2, 0.25) is 0 Å². The van der Waals surface area contributed by atoms with E-state index in [4.69, 9.17) is 5.11 Å². The molecule has 2 N–H and O–H groups in total. The van der Waals surface area contributed by atoms with Crippen LogP contribution in [0.1, 0.15) is 23.7 Å². The molecule has 1 unspecified atom stereocenters. The molecule has 22 heavy (non-hydrogen) atoms. The van der Waals surface area contributed by atoms with Gasteiger partial charge in [-0.25, -0.2) is 4.79 Å². The van der Waals surface area contributed by atoms with Crippen LogP contribution in [0.3, 0.4) is 0 Å². The molecule has 1 atom stereocenters. The van der Waals surface area contributed by atoms with Crippen LogP contribution in [0.4, 0.5) is 13.2 Å². The number of alkyl halides is 3. The molecule has 0 aliphatic carbocycles. The average Bonchev–Trinajstić information content (AvgIpc) is 2.42. The largest absolute Gasteiger partial charge is 0.573 e. The highest BCUT2D eigenvalue weighted by atomic mass is 19.4. The highest BCUT2D eigenvalue weighted by Gasteiger charge is 2.34. The zero-order chi connectivity index (χ0) is 16.9. The van der Waals surface area contributed by atoms with Crippen molar-refractivity contribution in [2.24, 2.45) is 0 Å². The third kappa shape index (κ3) is 4.92. The molecule has 0 spiro atoms. The predicted molar refractivity (Wildman–Crippen MR) is 66.1 cm³/mol. The van der Waals surface area contributed by atoms with Gasteiger partial charge in [-0.1, -0.05) is 12.1 Å². The second kappa shape index (κ2) is 7.12. The van der Waals surface area contributed by atoms with E-state index in [1.165, 1.54) is 12.1 Å². The number of aliphatic hydroxyl groups excluding tert-OH is 1. The quantitative estimate of drug-likeness (QED) is 0.776. The average molecular weight is 322 g/mol. The molecule has 0 heterocycles. The van der Waals surface area contributed by atoms with E-state index in [1.807, 2.05) is 0 Å². The first-order valence-electron chi connectivity index (χ1n) is 6.01. The van der Waals surface area contributed by atoms with Gasteiger partial charge in [-0.3, -0.25) is 4.79 Å². The van der Waals surface area contributed by atoms with Crippen LogP contribution in [0.5, 0.6) is 5.75 Å². The van der Waals surface area contributed by atoms with Crippen LogP contribution in [0.25, 0.3) is 0 Å². The van der Waals surface area contributed by atoms with Crippen molar-refractivity contribution in [2.45, 2.75) is 25.3 Å². The topological polar surface area (TPSA) is 93.1 Å². The van der Waals surface area contributed by atoms with Gasteiger partial charge in [-0.05, 0) is 18.1 Å². The lowest BCUT2D eigenvalue weighted by Gasteiger charge is -2.18. The number of carbonyl (C=O) groups is 2. The van der Waals surface area contributed by atoms with Gasteiger partial charge in [0.1, 0.15) is 5.75 Å². The van der Waals surface area contributed by atoms with Crippen molar-refractivity contribution in [3.8, 4) is 5.75 Å². The Morgan fingerprint density at radius 1 is 1.32 bits per heavy atom. The highest BCUT2D eigenvalue weighted by Crippen LogP contribution is 2.33. The predicted octanol–water partition coefficient (Wildman–Crippen LogP) is 1.81. The first-order valence-corrected chi connectivity index (χ1v) is 6.01. The Morgan fingerprint density at radius 2 is 1.95 bits per heavy atom. The number of carboxylic acid groups (broad SMARTS) is 1. The monoisotopic (exact) mass is 322 g/mol. The summed E-state index contributed by atoms with van der Waals surface area (Å²) in [6.07, 6.45) is -7.56. The molecule has 1 rings (SSSR count). The van der Waals surface area contributed by atoms with Crippen LogP contribution >= 0.6 is 0 Å². The minimum absolute atomic E-state index is 0.0436. The van der Waals surface area contributed by atoms with Crippen molar-refractivity contribution in [3.05, 3.63) is 29.3 Å². The molecule has 0 aliphatic rings. The van der Waals surface area contributed by atoms with E-state index in [0.29, 0.717) is 0 Å². The van der Waals surface area contributed by atoms with Gasteiger partial charge in [0, 0.05) is 12.0 Å². The Kier molecular flexibility index (Phi) is 5.75. The third-order valence-electron chi connectivity index (χ3n) is 2.72. The van der Waals surface area contributed by atoms with E-state index in [2.05, 4.69) is 9.47 Å². The second-order valence-corrected chi connectivity index (χ2v) is 4.19. The van der Waals surface area contributed by atoms with Gasteiger partial charge < -0.3 is 19.7 Å². The number of benzene rings is 1. The Morgan fingerprint density at radius 3 is 2.45 bits per heavy atom. The lowest BCUT2D eigenvalue weighted by atomic mass is 9.97. The van der Waals surface area contributed by atoms with E-state index < -0.39 is 35.7 Å². The molecule has 0 saturated heterocycles. The molecule has 0 aliphatic heterocycles. The summed E-state index contributed by atoms with van der Waals surface area (Å²) >= 11 is 0. The van der Waals surface area contributed by atoms with Gasteiger partial charge in [0.15, 0.2) is 6.10 Å². The molecule has 1 aromatic carbocycles. The number of aryl methyl sites for hydroxylation is 1. The number of ether oxygens (including phenoxy) is 2. The van der Waals surface area contributed by atoms with Crippen LogP contribution in [-0.2, 0) is 20.7 Å². The van der Waals surface area contributed by atoms with Crippen LogP contribution < -0.4 is 4.74 Å². The first kappa shape index (κ1) is 17.8. The third-order valence-corrected chi connectivity index (χ3v) is 2.72. The van der Waals surface area contributed by atoms with E-state index >= 15 is 0 Å². The number of methoxy groups -OCH3 is 1. The summed E-state index contributed by atoms with van der Waals surface area (Å²) in [4.78, 5) is 22.0. The molecule has 6 nitrogen and oxygen atoms in total. The SMILES string of the molecule is COC(=O)CCc1cccc(OC(F)(F)F)c1C(O)C(=O)O.